The van der Waals surface area contributed by atoms with E-state index in [2.05, 4.69) is 0 Å². The standard InChI is InChI=1S/C10H13NO3/c1-2-10(11,9(13)14)7-3-5-8(12)6-4-7/h3-6,12H,2,11H2,1H3,(H,13,14). The van der Waals surface area contributed by atoms with Crippen molar-refractivity contribution in [2.24, 2.45) is 5.73 Å². The lowest BCUT2D eigenvalue weighted by atomic mass is 9.88. The van der Waals surface area contributed by atoms with Crippen LogP contribution in [0.2, 0.25) is 0 Å². The van der Waals surface area contributed by atoms with Crippen LogP contribution in [0.5, 0.6) is 5.75 Å². The van der Waals surface area contributed by atoms with Gasteiger partial charge in [0.25, 0.3) is 0 Å². The maximum atomic E-state index is 11.0. The van der Waals surface area contributed by atoms with Crippen LogP contribution in [-0.2, 0) is 10.3 Å². The number of aromatic hydroxyl groups is 1. The molecule has 76 valence electrons. The molecule has 0 saturated heterocycles. The Kier molecular flexibility index (Phi) is 2.76. The van der Waals surface area contributed by atoms with E-state index in [9.17, 15) is 4.79 Å². The van der Waals surface area contributed by atoms with Crippen LogP contribution in [0.15, 0.2) is 24.3 Å². The average Bonchev–Trinajstić information content (AvgIpc) is 2.17. The smallest absolute Gasteiger partial charge is 0.328 e. The summed E-state index contributed by atoms with van der Waals surface area (Å²) >= 11 is 0. The molecule has 0 aliphatic rings. The first-order chi connectivity index (χ1) is 6.50. The van der Waals surface area contributed by atoms with E-state index in [0.29, 0.717) is 12.0 Å². The van der Waals surface area contributed by atoms with Gasteiger partial charge < -0.3 is 15.9 Å². The normalized spacial score (nSPS) is 14.7. The number of aliphatic carboxylic acids is 1. The van der Waals surface area contributed by atoms with E-state index in [4.69, 9.17) is 15.9 Å². The summed E-state index contributed by atoms with van der Waals surface area (Å²) in [4.78, 5) is 11.0. The number of carboxylic acid groups (broad SMARTS) is 1. The van der Waals surface area contributed by atoms with E-state index in [1.807, 2.05) is 0 Å². The van der Waals surface area contributed by atoms with Gasteiger partial charge in [0.2, 0.25) is 0 Å². The number of carboxylic acids is 1. The van der Waals surface area contributed by atoms with Crippen LogP contribution in [0.3, 0.4) is 0 Å². The molecule has 1 aromatic carbocycles. The minimum absolute atomic E-state index is 0.0950. The fraction of sp³-hybridized carbons (Fsp3) is 0.300. The third-order valence-electron chi connectivity index (χ3n) is 2.32. The van der Waals surface area contributed by atoms with Gasteiger partial charge in [0.1, 0.15) is 11.3 Å². The molecule has 14 heavy (non-hydrogen) atoms. The second-order valence-electron chi connectivity index (χ2n) is 3.18. The summed E-state index contributed by atoms with van der Waals surface area (Å²) in [5.41, 5.74) is 4.85. The molecule has 1 aromatic rings. The number of rotatable bonds is 3. The van der Waals surface area contributed by atoms with Gasteiger partial charge in [-0.25, -0.2) is 4.79 Å². The topological polar surface area (TPSA) is 83.6 Å². The summed E-state index contributed by atoms with van der Waals surface area (Å²) in [6.45, 7) is 1.71. The minimum atomic E-state index is -1.37. The molecule has 0 heterocycles. The number of phenols is 1. The van der Waals surface area contributed by atoms with Gasteiger partial charge in [-0.1, -0.05) is 19.1 Å². The van der Waals surface area contributed by atoms with Crippen LogP contribution >= 0.6 is 0 Å². The number of nitrogens with two attached hydrogens (primary N) is 1. The summed E-state index contributed by atoms with van der Waals surface area (Å²) in [5, 5.41) is 18.0. The zero-order valence-corrected chi connectivity index (χ0v) is 7.90. The second-order valence-corrected chi connectivity index (χ2v) is 3.18. The highest BCUT2D eigenvalue weighted by Gasteiger charge is 2.33. The first kappa shape index (κ1) is 10.5. The summed E-state index contributed by atoms with van der Waals surface area (Å²) in [7, 11) is 0. The van der Waals surface area contributed by atoms with Gasteiger partial charge in [0, 0.05) is 0 Å². The SMILES string of the molecule is CCC(N)(C(=O)O)c1ccc(O)cc1. The quantitative estimate of drug-likeness (QED) is 0.672. The minimum Gasteiger partial charge on any atom is -0.508 e. The number of phenolic OH excluding ortho intramolecular Hbond substituents is 1. The van der Waals surface area contributed by atoms with E-state index >= 15 is 0 Å². The van der Waals surface area contributed by atoms with Crippen molar-refractivity contribution in [2.75, 3.05) is 0 Å². The van der Waals surface area contributed by atoms with Crippen molar-refractivity contribution in [3.05, 3.63) is 29.8 Å². The van der Waals surface area contributed by atoms with Gasteiger partial charge in [0.05, 0.1) is 0 Å². The molecule has 4 N–H and O–H groups in total. The molecule has 1 atom stereocenters. The number of carbonyl (C=O) groups is 1. The monoisotopic (exact) mass is 195 g/mol. The van der Waals surface area contributed by atoms with Crippen LogP contribution in [0.1, 0.15) is 18.9 Å². The van der Waals surface area contributed by atoms with Crippen LogP contribution in [-0.4, -0.2) is 16.2 Å². The van der Waals surface area contributed by atoms with Crippen molar-refractivity contribution in [1.82, 2.24) is 0 Å². The Morgan fingerprint density at radius 1 is 1.43 bits per heavy atom. The number of benzene rings is 1. The van der Waals surface area contributed by atoms with Crippen molar-refractivity contribution < 1.29 is 15.0 Å². The highest BCUT2D eigenvalue weighted by atomic mass is 16.4. The molecular formula is C10H13NO3. The average molecular weight is 195 g/mol. The Bertz CT molecular complexity index is 334. The van der Waals surface area contributed by atoms with Gasteiger partial charge in [0.15, 0.2) is 0 Å². The maximum Gasteiger partial charge on any atom is 0.328 e. The Hall–Kier alpha value is -1.55. The Morgan fingerprint density at radius 3 is 2.29 bits per heavy atom. The van der Waals surface area contributed by atoms with Crippen LogP contribution in [0.4, 0.5) is 0 Å². The zero-order valence-electron chi connectivity index (χ0n) is 7.90. The molecule has 0 aliphatic heterocycles. The van der Waals surface area contributed by atoms with Gasteiger partial charge in [-0.15, -0.1) is 0 Å². The molecule has 4 heteroatoms. The predicted molar refractivity (Wildman–Crippen MR) is 51.9 cm³/mol. The molecule has 1 unspecified atom stereocenters. The first-order valence-corrected chi connectivity index (χ1v) is 4.32. The molecule has 0 aliphatic carbocycles. The highest BCUT2D eigenvalue weighted by molar-refractivity contribution is 5.80. The van der Waals surface area contributed by atoms with Crippen molar-refractivity contribution in [1.29, 1.82) is 0 Å². The lowest BCUT2D eigenvalue weighted by molar-refractivity contribution is -0.143. The van der Waals surface area contributed by atoms with Crippen molar-refractivity contribution in [2.45, 2.75) is 18.9 Å². The second kappa shape index (κ2) is 3.67. The summed E-state index contributed by atoms with van der Waals surface area (Å²) in [6, 6.07) is 5.89. The largest absolute Gasteiger partial charge is 0.508 e. The van der Waals surface area contributed by atoms with E-state index in [0.717, 1.165) is 0 Å². The Labute approximate surface area is 82.0 Å². The molecule has 0 spiro atoms. The summed E-state index contributed by atoms with van der Waals surface area (Å²) in [6.07, 6.45) is 0.299. The van der Waals surface area contributed by atoms with Crippen molar-refractivity contribution in [3.8, 4) is 5.75 Å². The van der Waals surface area contributed by atoms with Crippen LogP contribution in [0.25, 0.3) is 0 Å². The molecule has 0 saturated carbocycles. The number of hydrogen-bond donors (Lipinski definition) is 3. The van der Waals surface area contributed by atoms with Gasteiger partial charge >= 0.3 is 5.97 Å². The lowest BCUT2D eigenvalue weighted by Gasteiger charge is -2.23. The molecule has 4 nitrogen and oxygen atoms in total. The van der Waals surface area contributed by atoms with Gasteiger partial charge in [-0.3, -0.25) is 0 Å². The molecule has 1 rings (SSSR count). The molecule has 0 fully saturated rings. The van der Waals surface area contributed by atoms with Gasteiger partial charge in [-0.05, 0) is 24.1 Å². The van der Waals surface area contributed by atoms with Crippen LogP contribution < -0.4 is 5.73 Å². The zero-order chi connectivity index (χ0) is 10.8. The van der Waals surface area contributed by atoms with E-state index in [1.165, 1.54) is 24.3 Å². The predicted octanol–water partition coefficient (Wildman–Crippen LogP) is 1.04. The molecule has 0 bridgehead atoms. The Balaban J connectivity index is 3.13. The van der Waals surface area contributed by atoms with Crippen LogP contribution in [0, 0.1) is 0 Å². The highest BCUT2D eigenvalue weighted by Crippen LogP contribution is 2.24. The molecule has 0 radical (unpaired) electrons. The Morgan fingerprint density at radius 2 is 1.93 bits per heavy atom. The fourth-order valence-corrected chi connectivity index (χ4v) is 1.24. The van der Waals surface area contributed by atoms with Gasteiger partial charge in [-0.2, -0.15) is 0 Å². The first-order valence-electron chi connectivity index (χ1n) is 4.32. The third-order valence-corrected chi connectivity index (χ3v) is 2.32. The number of hydrogen-bond acceptors (Lipinski definition) is 3. The third kappa shape index (κ3) is 1.70. The molecule has 0 aromatic heterocycles. The summed E-state index contributed by atoms with van der Waals surface area (Å²) < 4.78 is 0. The van der Waals surface area contributed by atoms with Crippen molar-refractivity contribution >= 4 is 5.97 Å². The van der Waals surface area contributed by atoms with E-state index in [1.54, 1.807) is 6.92 Å². The molecule has 0 amide bonds. The van der Waals surface area contributed by atoms with E-state index < -0.39 is 11.5 Å². The van der Waals surface area contributed by atoms with Crippen molar-refractivity contribution in [3.63, 3.8) is 0 Å². The maximum absolute atomic E-state index is 11.0. The lowest BCUT2D eigenvalue weighted by Crippen LogP contribution is -2.44. The summed E-state index contributed by atoms with van der Waals surface area (Å²) in [5.74, 6) is -0.969. The molecular weight excluding hydrogens is 182 g/mol. The fourth-order valence-electron chi connectivity index (χ4n) is 1.24. The van der Waals surface area contributed by atoms with E-state index in [-0.39, 0.29) is 5.75 Å².